The van der Waals surface area contributed by atoms with Crippen molar-refractivity contribution in [3.8, 4) is 0 Å². The van der Waals surface area contributed by atoms with Crippen LogP contribution in [0.5, 0.6) is 0 Å². The minimum atomic E-state index is -0.524. The largest absolute Gasteiger partial charge is 0.469 e. The van der Waals surface area contributed by atoms with E-state index < -0.39 is 11.7 Å². The molecule has 0 saturated carbocycles. The van der Waals surface area contributed by atoms with Gasteiger partial charge < -0.3 is 9.73 Å². The zero-order chi connectivity index (χ0) is 14.5. The van der Waals surface area contributed by atoms with E-state index in [9.17, 15) is 9.18 Å². The topological polar surface area (TPSA) is 42.2 Å². The molecule has 5 heteroatoms. The molecule has 0 aliphatic rings. The van der Waals surface area contributed by atoms with Gasteiger partial charge in [-0.2, -0.15) is 0 Å². The highest BCUT2D eigenvalue weighted by atomic mass is 79.9. The fourth-order valence-corrected chi connectivity index (χ4v) is 2.22. The van der Waals surface area contributed by atoms with Crippen LogP contribution < -0.4 is 5.32 Å². The Morgan fingerprint density at radius 2 is 2.25 bits per heavy atom. The molecule has 0 aliphatic heterocycles. The van der Waals surface area contributed by atoms with E-state index in [2.05, 4.69) is 21.2 Å². The first-order valence-corrected chi connectivity index (χ1v) is 7.14. The Morgan fingerprint density at radius 3 is 2.95 bits per heavy atom. The van der Waals surface area contributed by atoms with Crippen LogP contribution in [0.2, 0.25) is 0 Å². The van der Waals surface area contributed by atoms with Gasteiger partial charge in [0.05, 0.1) is 11.8 Å². The molecule has 1 heterocycles. The Kier molecular flexibility index (Phi) is 4.95. The SMILES string of the molecule is CC(CCc1ccco1)NC(=O)c1cc(Br)ccc1F. The van der Waals surface area contributed by atoms with E-state index >= 15 is 0 Å². The van der Waals surface area contributed by atoms with Crippen molar-refractivity contribution < 1.29 is 13.6 Å². The van der Waals surface area contributed by atoms with Crippen molar-refractivity contribution >= 4 is 21.8 Å². The van der Waals surface area contributed by atoms with E-state index in [1.807, 2.05) is 19.1 Å². The summed E-state index contributed by atoms with van der Waals surface area (Å²) in [6, 6.07) is 7.96. The molecule has 106 valence electrons. The summed E-state index contributed by atoms with van der Waals surface area (Å²) in [5.41, 5.74) is 0.0456. The zero-order valence-corrected chi connectivity index (χ0v) is 12.6. The average molecular weight is 340 g/mol. The Morgan fingerprint density at radius 1 is 1.45 bits per heavy atom. The number of furan rings is 1. The van der Waals surface area contributed by atoms with Gasteiger partial charge in [-0.05, 0) is 43.7 Å². The molecule has 0 saturated heterocycles. The van der Waals surface area contributed by atoms with Crippen LogP contribution in [0.15, 0.2) is 45.5 Å². The van der Waals surface area contributed by atoms with E-state index in [0.29, 0.717) is 4.47 Å². The van der Waals surface area contributed by atoms with Gasteiger partial charge in [-0.1, -0.05) is 15.9 Å². The van der Waals surface area contributed by atoms with Crippen LogP contribution in [0, 0.1) is 5.82 Å². The maximum absolute atomic E-state index is 13.6. The number of nitrogens with one attached hydrogen (secondary N) is 1. The number of rotatable bonds is 5. The van der Waals surface area contributed by atoms with Crippen molar-refractivity contribution in [3.05, 3.63) is 58.2 Å². The lowest BCUT2D eigenvalue weighted by Crippen LogP contribution is -2.33. The summed E-state index contributed by atoms with van der Waals surface area (Å²) in [6.07, 6.45) is 3.08. The smallest absolute Gasteiger partial charge is 0.254 e. The molecule has 3 nitrogen and oxygen atoms in total. The van der Waals surface area contributed by atoms with E-state index in [-0.39, 0.29) is 11.6 Å². The van der Waals surface area contributed by atoms with Gasteiger partial charge in [-0.25, -0.2) is 4.39 Å². The van der Waals surface area contributed by atoms with Crippen LogP contribution in [-0.4, -0.2) is 11.9 Å². The van der Waals surface area contributed by atoms with Crippen molar-refractivity contribution in [2.24, 2.45) is 0 Å². The first kappa shape index (κ1) is 14.8. The maximum atomic E-state index is 13.6. The van der Waals surface area contributed by atoms with Crippen LogP contribution in [0.4, 0.5) is 4.39 Å². The third-order valence-electron chi connectivity index (χ3n) is 2.95. The van der Waals surface area contributed by atoms with Crippen LogP contribution in [0.25, 0.3) is 0 Å². The molecule has 1 N–H and O–H groups in total. The normalized spacial score (nSPS) is 12.2. The Labute approximate surface area is 125 Å². The predicted octanol–water partition coefficient (Wildman–Crippen LogP) is 3.93. The van der Waals surface area contributed by atoms with Gasteiger partial charge in [0.1, 0.15) is 11.6 Å². The first-order chi connectivity index (χ1) is 9.56. The minimum absolute atomic E-state index is 0.0456. The van der Waals surface area contributed by atoms with Gasteiger partial charge in [0.2, 0.25) is 0 Å². The number of hydrogen-bond donors (Lipinski definition) is 1. The Balaban J connectivity index is 1.91. The van der Waals surface area contributed by atoms with Crippen LogP contribution in [0.1, 0.15) is 29.5 Å². The van der Waals surface area contributed by atoms with Crippen molar-refractivity contribution in [2.75, 3.05) is 0 Å². The second-order valence-electron chi connectivity index (χ2n) is 4.62. The second kappa shape index (κ2) is 6.70. The van der Waals surface area contributed by atoms with Crippen molar-refractivity contribution in [2.45, 2.75) is 25.8 Å². The van der Waals surface area contributed by atoms with E-state index in [4.69, 9.17) is 4.42 Å². The lowest BCUT2D eigenvalue weighted by atomic mass is 10.1. The number of hydrogen-bond acceptors (Lipinski definition) is 2. The van der Waals surface area contributed by atoms with E-state index in [1.165, 1.54) is 12.1 Å². The summed E-state index contributed by atoms with van der Waals surface area (Å²) >= 11 is 3.23. The van der Waals surface area contributed by atoms with Crippen molar-refractivity contribution in [1.29, 1.82) is 0 Å². The summed E-state index contributed by atoms with van der Waals surface area (Å²) in [6.45, 7) is 1.89. The molecule has 0 fully saturated rings. The van der Waals surface area contributed by atoms with E-state index in [0.717, 1.165) is 18.6 Å². The molecule has 2 aromatic rings. The predicted molar refractivity (Wildman–Crippen MR) is 78.1 cm³/mol. The van der Waals surface area contributed by atoms with Crippen LogP contribution in [-0.2, 0) is 6.42 Å². The summed E-state index contributed by atoms with van der Waals surface area (Å²) in [4.78, 5) is 12.0. The number of amides is 1. The fourth-order valence-electron chi connectivity index (χ4n) is 1.86. The second-order valence-corrected chi connectivity index (χ2v) is 5.53. The van der Waals surface area contributed by atoms with Crippen molar-refractivity contribution in [3.63, 3.8) is 0 Å². The highest BCUT2D eigenvalue weighted by molar-refractivity contribution is 9.10. The van der Waals surface area contributed by atoms with Crippen LogP contribution in [0.3, 0.4) is 0 Å². The molecule has 1 amide bonds. The third-order valence-corrected chi connectivity index (χ3v) is 3.45. The highest BCUT2D eigenvalue weighted by Gasteiger charge is 2.14. The number of benzene rings is 1. The fraction of sp³-hybridized carbons (Fsp3) is 0.267. The van der Waals surface area contributed by atoms with E-state index in [1.54, 1.807) is 12.3 Å². The third kappa shape index (κ3) is 3.93. The summed E-state index contributed by atoms with van der Waals surface area (Å²) in [7, 11) is 0. The molecule has 2 rings (SSSR count). The molecule has 0 bridgehead atoms. The maximum Gasteiger partial charge on any atom is 0.254 e. The summed E-state index contributed by atoms with van der Waals surface area (Å²) in [5.74, 6) is -0.0561. The summed E-state index contributed by atoms with van der Waals surface area (Å²) < 4.78 is 19.5. The minimum Gasteiger partial charge on any atom is -0.469 e. The van der Waals surface area contributed by atoms with Gasteiger partial charge in [0, 0.05) is 16.9 Å². The van der Waals surface area contributed by atoms with Gasteiger partial charge in [0.15, 0.2) is 0 Å². The molecule has 20 heavy (non-hydrogen) atoms. The summed E-state index contributed by atoms with van der Waals surface area (Å²) in [5, 5.41) is 2.79. The molecular formula is C15H15BrFNO2. The average Bonchev–Trinajstić information content (AvgIpc) is 2.92. The Bertz CT molecular complexity index is 584. The number of carbonyl (C=O) groups is 1. The first-order valence-electron chi connectivity index (χ1n) is 6.34. The van der Waals surface area contributed by atoms with Crippen LogP contribution >= 0.6 is 15.9 Å². The van der Waals surface area contributed by atoms with Crippen molar-refractivity contribution in [1.82, 2.24) is 5.32 Å². The highest BCUT2D eigenvalue weighted by Crippen LogP contribution is 2.16. The Hall–Kier alpha value is -1.62. The van der Waals surface area contributed by atoms with Gasteiger partial charge in [-0.15, -0.1) is 0 Å². The van der Waals surface area contributed by atoms with Gasteiger partial charge >= 0.3 is 0 Å². The number of carbonyl (C=O) groups excluding carboxylic acids is 1. The van der Waals surface area contributed by atoms with Gasteiger partial charge in [-0.3, -0.25) is 4.79 Å². The molecule has 1 aromatic heterocycles. The molecule has 1 unspecified atom stereocenters. The quantitative estimate of drug-likeness (QED) is 0.896. The lowest BCUT2D eigenvalue weighted by Gasteiger charge is -2.13. The zero-order valence-electron chi connectivity index (χ0n) is 11.0. The molecule has 0 spiro atoms. The van der Waals surface area contributed by atoms with Gasteiger partial charge in [0.25, 0.3) is 5.91 Å². The number of aryl methyl sites for hydroxylation is 1. The monoisotopic (exact) mass is 339 g/mol. The lowest BCUT2D eigenvalue weighted by molar-refractivity contribution is 0.0934. The molecule has 0 aliphatic carbocycles. The molecule has 1 atom stereocenters. The molecular weight excluding hydrogens is 325 g/mol. The molecule has 0 radical (unpaired) electrons. The number of halogens is 2. The molecule has 1 aromatic carbocycles. The standard InChI is InChI=1S/C15H15BrFNO2/c1-10(4-6-12-3-2-8-20-12)18-15(19)13-9-11(16)5-7-14(13)17/h2-3,5,7-10H,4,6H2,1H3,(H,18,19).